The fraction of sp³-hybridized carbons (Fsp3) is 0.333. The van der Waals surface area contributed by atoms with Gasteiger partial charge < -0.3 is 9.84 Å². The van der Waals surface area contributed by atoms with Gasteiger partial charge in [-0.1, -0.05) is 0 Å². The summed E-state index contributed by atoms with van der Waals surface area (Å²) in [5, 5.41) is 8.41. The Balaban J connectivity index is 3.16. The summed E-state index contributed by atoms with van der Waals surface area (Å²) in [7, 11) is 0. The van der Waals surface area contributed by atoms with Crippen LogP contribution in [-0.4, -0.2) is 22.4 Å². The minimum atomic E-state index is -5.14. The Hall–Kier alpha value is -1.93. The van der Waals surface area contributed by atoms with E-state index in [1.165, 1.54) is 0 Å². The predicted molar refractivity (Wildman–Crippen MR) is 47.0 cm³/mol. The van der Waals surface area contributed by atoms with E-state index in [-0.39, 0.29) is 0 Å². The Morgan fingerprint density at radius 3 is 2.50 bits per heavy atom. The van der Waals surface area contributed by atoms with Crippen molar-refractivity contribution >= 4 is 5.97 Å². The van der Waals surface area contributed by atoms with Crippen molar-refractivity contribution in [2.24, 2.45) is 0 Å². The van der Waals surface area contributed by atoms with Gasteiger partial charge in [0.15, 0.2) is 0 Å². The van der Waals surface area contributed by atoms with Crippen LogP contribution in [0, 0.1) is 5.82 Å². The number of hydrogen-bond donors (Lipinski definition) is 1. The first-order valence-corrected chi connectivity index (χ1v) is 4.44. The normalized spacial score (nSPS) is 11.4. The molecule has 0 aliphatic carbocycles. The number of carboxylic acid groups (broad SMARTS) is 1. The lowest BCUT2D eigenvalue weighted by Crippen LogP contribution is -2.20. The molecule has 0 aliphatic heterocycles. The molecular weight excluding hydrogens is 265 g/mol. The van der Waals surface area contributed by atoms with E-state index in [9.17, 15) is 26.7 Å². The number of nitrogens with zero attached hydrogens (tertiary/aromatic N) is 1. The van der Waals surface area contributed by atoms with E-state index in [4.69, 9.17) is 5.11 Å². The van der Waals surface area contributed by atoms with Crippen LogP contribution in [0.25, 0.3) is 0 Å². The van der Waals surface area contributed by atoms with Crippen molar-refractivity contribution in [3.8, 4) is 5.88 Å². The van der Waals surface area contributed by atoms with Gasteiger partial charge in [0.05, 0.1) is 12.0 Å². The first-order valence-electron chi connectivity index (χ1n) is 4.44. The number of alkyl halides is 4. The molecule has 0 aromatic carbocycles. The van der Waals surface area contributed by atoms with E-state index in [0.29, 0.717) is 6.20 Å². The second-order valence-electron chi connectivity index (χ2n) is 3.13. The first kappa shape index (κ1) is 14.1. The van der Waals surface area contributed by atoms with E-state index in [1.54, 1.807) is 0 Å². The monoisotopic (exact) mass is 271 g/mol. The molecule has 0 fully saturated rings. The van der Waals surface area contributed by atoms with Gasteiger partial charge >= 0.3 is 12.3 Å². The highest BCUT2D eigenvalue weighted by Crippen LogP contribution is 2.28. The average molecular weight is 271 g/mol. The largest absolute Gasteiger partial charge is 0.574 e. The summed E-state index contributed by atoms with van der Waals surface area (Å²) in [5.74, 6) is -4.10. The van der Waals surface area contributed by atoms with Crippen LogP contribution in [-0.2, 0) is 17.9 Å². The molecule has 1 heterocycles. The van der Waals surface area contributed by atoms with Crippen molar-refractivity contribution in [1.82, 2.24) is 4.98 Å². The van der Waals surface area contributed by atoms with Gasteiger partial charge in [-0.25, -0.2) is 13.8 Å². The summed E-state index contributed by atoms with van der Waals surface area (Å²) in [6, 6.07) is 0. The van der Waals surface area contributed by atoms with Crippen molar-refractivity contribution < 1.29 is 36.6 Å². The average Bonchev–Trinajstić information content (AvgIpc) is 2.20. The molecule has 18 heavy (non-hydrogen) atoms. The third-order valence-electron chi connectivity index (χ3n) is 1.83. The molecular formula is C9H6F5NO3. The van der Waals surface area contributed by atoms with Crippen LogP contribution < -0.4 is 4.74 Å². The number of pyridine rings is 1. The van der Waals surface area contributed by atoms with Crippen LogP contribution in [0.4, 0.5) is 22.0 Å². The molecule has 0 saturated carbocycles. The van der Waals surface area contributed by atoms with Crippen LogP contribution in [0.2, 0.25) is 0 Å². The van der Waals surface area contributed by atoms with Gasteiger partial charge in [-0.3, -0.25) is 4.79 Å². The van der Waals surface area contributed by atoms with Crippen molar-refractivity contribution in [2.45, 2.75) is 19.5 Å². The van der Waals surface area contributed by atoms with Gasteiger partial charge in [0.1, 0.15) is 12.5 Å². The predicted octanol–water partition coefficient (Wildman–Crippen LogP) is 2.22. The zero-order valence-electron chi connectivity index (χ0n) is 8.59. The summed E-state index contributed by atoms with van der Waals surface area (Å²) in [4.78, 5) is 13.4. The second-order valence-corrected chi connectivity index (χ2v) is 3.13. The van der Waals surface area contributed by atoms with E-state index < -0.39 is 48.3 Å². The molecule has 0 bridgehead atoms. The maximum atomic E-state index is 13.5. The number of hydrogen-bond acceptors (Lipinski definition) is 3. The van der Waals surface area contributed by atoms with E-state index >= 15 is 0 Å². The molecule has 0 atom stereocenters. The third kappa shape index (κ3) is 3.54. The van der Waals surface area contributed by atoms with Crippen LogP contribution >= 0.6 is 0 Å². The zero-order valence-corrected chi connectivity index (χ0v) is 8.59. The highest BCUT2D eigenvalue weighted by atomic mass is 19.4. The molecule has 100 valence electrons. The van der Waals surface area contributed by atoms with Crippen LogP contribution in [0.3, 0.4) is 0 Å². The maximum absolute atomic E-state index is 13.5. The molecule has 4 nitrogen and oxygen atoms in total. The number of halogens is 5. The van der Waals surface area contributed by atoms with Gasteiger partial charge in [-0.05, 0) is 0 Å². The van der Waals surface area contributed by atoms with E-state index in [0.717, 1.165) is 0 Å². The Morgan fingerprint density at radius 1 is 1.44 bits per heavy atom. The Morgan fingerprint density at radius 2 is 2.06 bits per heavy atom. The highest BCUT2D eigenvalue weighted by Gasteiger charge is 2.34. The Bertz CT molecular complexity index is 460. The summed E-state index contributed by atoms with van der Waals surface area (Å²) in [5.41, 5.74) is -1.59. The molecule has 0 unspecified atom stereocenters. The molecule has 0 saturated heterocycles. The molecule has 1 aromatic heterocycles. The van der Waals surface area contributed by atoms with Gasteiger partial charge in [-0.15, -0.1) is 13.2 Å². The van der Waals surface area contributed by atoms with Crippen LogP contribution in [0.1, 0.15) is 11.1 Å². The lowest BCUT2D eigenvalue weighted by Gasteiger charge is -2.12. The minimum Gasteiger partial charge on any atom is -0.481 e. The fourth-order valence-electron chi connectivity index (χ4n) is 1.16. The van der Waals surface area contributed by atoms with Gasteiger partial charge in [-0.2, -0.15) is 0 Å². The van der Waals surface area contributed by atoms with Gasteiger partial charge in [0.25, 0.3) is 0 Å². The van der Waals surface area contributed by atoms with Crippen molar-refractivity contribution in [3.05, 3.63) is 23.1 Å². The van der Waals surface area contributed by atoms with E-state index in [1.807, 2.05) is 0 Å². The maximum Gasteiger partial charge on any atom is 0.574 e. The summed E-state index contributed by atoms with van der Waals surface area (Å²) in [6.45, 7) is -1.60. The standard InChI is InChI=1S/C9H6F5NO3/c10-2-5-7(11)4(1-6(16)17)3-15-8(5)18-9(12,13)14/h3H,1-2H2,(H,16,17). The number of rotatable bonds is 4. The Kier molecular flexibility index (Phi) is 4.04. The number of aromatic nitrogens is 1. The molecule has 1 aromatic rings. The Labute approximate surface area is 97.0 Å². The van der Waals surface area contributed by atoms with E-state index in [2.05, 4.69) is 9.72 Å². The molecule has 1 N–H and O–H groups in total. The molecule has 0 radical (unpaired) electrons. The van der Waals surface area contributed by atoms with Gasteiger partial charge in [0.2, 0.25) is 5.88 Å². The SMILES string of the molecule is O=C(O)Cc1cnc(OC(F)(F)F)c(CF)c1F. The fourth-order valence-corrected chi connectivity index (χ4v) is 1.16. The number of carboxylic acids is 1. The molecule has 9 heteroatoms. The number of ether oxygens (including phenoxy) is 1. The second kappa shape index (κ2) is 5.15. The molecule has 0 amide bonds. The molecule has 0 aliphatic rings. The van der Waals surface area contributed by atoms with Crippen molar-refractivity contribution in [1.29, 1.82) is 0 Å². The molecule has 1 rings (SSSR count). The minimum absolute atomic E-state index is 0.523. The quantitative estimate of drug-likeness (QED) is 0.853. The number of carbonyl (C=O) groups is 1. The lowest BCUT2D eigenvalue weighted by atomic mass is 10.1. The van der Waals surface area contributed by atoms with Gasteiger partial charge in [0, 0.05) is 11.8 Å². The summed E-state index contributed by atoms with van der Waals surface area (Å²) < 4.78 is 65.0. The summed E-state index contributed by atoms with van der Waals surface area (Å²) in [6.07, 6.45) is -5.40. The smallest absolute Gasteiger partial charge is 0.481 e. The number of aliphatic carboxylic acids is 1. The van der Waals surface area contributed by atoms with Crippen LogP contribution in [0.5, 0.6) is 5.88 Å². The third-order valence-corrected chi connectivity index (χ3v) is 1.83. The summed E-state index contributed by atoms with van der Waals surface area (Å²) >= 11 is 0. The highest BCUT2D eigenvalue weighted by molar-refractivity contribution is 5.70. The first-order chi connectivity index (χ1) is 8.24. The van der Waals surface area contributed by atoms with Crippen molar-refractivity contribution in [2.75, 3.05) is 0 Å². The lowest BCUT2D eigenvalue weighted by molar-refractivity contribution is -0.276. The van der Waals surface area contributed by atoms with Crippen LogP contribution in [0.15, 0.2) is 6.20 Å². The topological polar surface area (TPSA) is 59.4 Å². The van der Waals surface area contributed by atoms with Crippen molar-refractivity contribution in [3.63, 3.8) is 0 Å². The molecule has 0 spiro atoms. The zero-order chi connectivity index (χ0) is 13.9.